The van der Waals surface area contributed by atoms with Crippen molar-refractivity contribution in [1.29, 1.82) is 1.43 Å². The molecular formula is C28H45N2O5+. The fourth-order valence-electron chi connectivity index (χ4n) is 2.84. The minimum Gasteiger partial charge on any atom is -0.480 e. The van der Waals surface area contributed by atoms with E-state index in [2.05, 4.69) is 5.11 Å². The predicted octanol–water partition coefficient (Wildman–Crippen LogP) is 3.56. The Bertz CT molecular complexity index is 1780. The van der Waals surface area contributed by atoms with Crippen molar-refractivity contribution in [3.63, 3.8) is 0 Å². The molecular weight excluding hydrogens is 444 g/mol. The minimum absolute atomic E-state index is 0.00151. The third-order valence-electron chi connectivity index (χ3n) is 4.80. The van der Waals surface area contributed by atoms with E-state index in [1.54, 1.807) is 0 Å². The zero-order valence-electron chi connectivity index (χ0n) is 41.9. The molecule has 1 aliphatic rings. The smallest absolute Gasteiger partial charge is 0.364 e. The summed E-state index contributed by atoms with van der Waals surface area (Å²) in [7, 11) is 0. The molecule has 0 aromatic heterocycles. The highest BCUT2D eigenvalue weighted by atomic mass is 16.5. The van der Waals surface area contributed by atoms with Gasteiger partial charge in [-0.3, -0.25) is 4.79 Å². The lowest BCUT2D eigenvalue weighted by atomic mass is 9.91. The molecule has 0 aliphatic carbocycles. The van der Waals surface area contributed by atoms with E-state index in [4.69, 9.17) is 24.0 Å². The quantitative estimate of drug-likeness (QED) is 0.443. The van der Waals surface area contributed by atoms with Crippen LogP contribution in [0.5, 0.6) is 0 Å². The average molecular weight is 511 g/mol. The predicted molar refractivity (Wildman–Crippen MR) is 136 cm³/mol. The number of aliphatic carboxylic acids is 1. The standard InChI is InChI=1S/C28H44N2O5/c1-9-22(25(31)30-24(26(32)33)12-13-28(30,7)8)29-23(27(34)35-16-17(2)3)15-20(6)21-11-10-18(4)19(5)14-21/h10-11,14,17,20,22-24,29H,9,12-13,15-16H2,1-8H3,(H,32,33)/p+1/t20?,22-,23-,24-/m0/s1/i9D2,10D,11D,12D2,13D2,14D,15D2,16D2,17D,20D,22D,23D,24D/hD3. The van der Waals surface area contributed by atoms with Gasteiger partial charge in [0.25, 0.3) is 7.34 Å². The van der Waals surface area contributed by atoms with E-state index in [1.165, 1.54) is 13.8 Å². The lowest BCUT2D eigenvalue weighted by Gasteiger charge is -2.36. The van der Waals surface area contributed by atoms with Gasteiger partial charge in [-0.15, -0.1) is 0 Å². The van der Waals surface area contributed by atoms with Crippen LogP contribution in [0.3, 0.4) is 0 Å². The van der Waals surface area contributed by atoms with Crippen molar-refractivity contribution in [3.05, 3.63) is 34.8 Å². The number of benzene rings is 1. The molecule has 1 aromatic carbocycles. The first-order valence-electron chi connectivity index (χ1n) is 20.9. The number of hydrogen-bond acceptors (Lipinski definition) is 5. The highest BCUT2D eigenvalue weighted by Gasteiger charge is 2.48. The number of ether oxygens (including phenoxy) is 1. The van der Waals surface area contributed by atoms with E-state index in [0.717, 1.165) is 13.8 Å². The van der Waals surface area contributed by atoms with Crippen LogP contribution in [0.15, 0.2) is 18.1 Å². The Labute approximate surface area is 240 Å². The van der Waals surface area contributed by atoms with E-state index in [0.29, 0.717) is 20.8 Å². The summed E-state index contributed by atoms with van der Waals surface area (Å²) in [5.41, 5.74) is -4.12. The molecule has 1 aliphatic heterocycles. The maximum absolute atomic E-state index is 14.9. The van der Waals surface area contributed by atoms with E-state index >= 15 is 0 Å². The summed E-state index contributed by atoms with van der Waals surface area (Å²) < 4.78 is 187. The first-order chi connectivity index (χ1) is 24.3. The summed E-state index contributed by atoms with van der Waals surface area (Å²) in [5.74, 6) is -13.7. The Morgan fingerprint density at radius 3 is 2.66 bits per heavy atom. The van der Waals surface area contributed by atoms with Gasteiger partial charge in [-0.25, -0.2) is 9.59 Å². The molecule has 1 saturated heterocycles. The van der Waals surface area contributed by atoms with E-state index in [1.807, 2.05) is 0 Å². The van der Waals surface area contributed by atoms with Gasteiger partial charge in [0.2, 0.25) is 0 Å². The molecule has 35 heavy (non-hydrogen) atoms. The molecule has 1 unspecified atom stereocenters. The molecule has 1 amide bonds. The number of amides is 1. The number of carboxylic acids is 1. The van der Waals surface area contributed by atoms with Crippen LogP contribution in [0.25, 0.3) is 1.43 Å². The summed E-state index contributed by atoms with van der Waals surface area (Å²) in [6.45, 7) is 2.67. The first-order valence-corrected chi connectivity index (χ1v) is 10.6. The van der Waals surface area contributed by atoms with Crippen molar-refractivity contribution in [2.45, 2.75) is 110 Å². The molecule has 3 N–H and O–H groups in total. The summed E-state index contributed by atoms with van der Waals surface area (Å²) in [6, 6.07) is -16.3. The molecule has 7 heteroatoms. The second kappa shape index (κ2) is 12.0. The van der Waals surface area contributed by atoms with Gasteiger partial charge in [0.15, 0.2) is 12.0 Å². The molecule has 196 valence electrons. The molecule has 0 radical (unpaired) electrons. The summed E-state index contributed by atoms with van der Waals surface area (Å²) in [6.07, 6.45) is -15.9. The van der Waals surface area contributed by atoms with Crippen molar-refractivity contribution in [2.75, 3.05) is 6.56 Å². The SMILES string of the molecule is [2H]OC(=O)[C@@]1([2H])N(C(=O)[C@]([2H])(C([2H])([2H])C)[N+]([2H])([2H])[C@]([2H])(C(=O)OC([2H])([2H])C([2H])(C)C)C([2H])([2H])C([2H])(C)c2c([2H])c([2H])c(C)c(C)c2[2H])C(C)(C)C([2H])([2H])C1([2H])[2H]. The van der Waals surface area contributed by atoms with Crippen LogP contribution in [-0.2, 0) is 19.1 Å². The number of hydrogen-bond donors (Lipinski definition) is 2. The molecule has 1 fully saturated rings. The average Bonchev–Trinajstić information content (AvgIpc) is 3.10. The van der Waals surface area contributed by atoms with Crippen LogP contribution in [0.1, 0.15) is 114 Å². The van der Waals surface area contributed by atoms with Crippen LogP contribution < -0.4 is 5.30 Å². The number of likely N-dealkylation sites (tertiary alicyclic amines) is 1. The van der Waals surface area contributed by atoms with Gasteiger partial charge in [0.05, 0.1) is 14.8 Å². The van der Waals surface area contributed by atoms with Gasteiger partial charge >= 0.3 is 14.8 Å². The Hall–Kier alpha value is -2.41. The van der Waals surface area contributed by atoms with E-state index < -0.39 is 119 Å². The van der Waals surface area contributed by atoms with Crippen LogP contribution in [0.4, 0.5) is 0 Å². The molecule has 0 saturated carbocycles. The van der Waals surface area contributed by atoms with Gasteiger partial charge in [0.1, 0.15) is 8.76 Å². The van der Waals surface area contributed by atoms with Crippen LogP contribution in [0.2, 0.25) is 2.82 Å². The van der Waals surface area contributed by atoms with Crippen molar-refractivity contribution in [3.8, 4) is 0 Å². The fraction of sp³-hybridized carbons (Fsp3) is 0.679. The van der Waals surface area contributed by atoms with Crippen LogP contribution in [-0.4, -0.2) is 58.0 Å². The number of carbonyl (C=O) groups is 3. The molecule has 0 bridgehead atoms. The normalized spacial score (nSPS) is 38.2. The van der Waals surface area contributed by atoms with Crippen molar-refractivity contribution >= 4 is 17.8 Å². The van der Waals surface area contributed by atoms with Gasteiger partial charge in [-0.1, -0.05) is 45.8 Å². The number of carbonyl (C=O) groups excluding carboxylic acids is 2. The number of nitrogens with two attached hydrogens (primary N) is 1. The Morgan fingerprint density at radius 1 is 1.37 bits per heavy atom. The highest BCUT2D eigenvalue weighted by Crippen LogP contribution is 2.34. The van der Waals surface area contributed by atoms with Crippen molar-refractivity contribution < 1.29 is 57.0 Å². The molecule has 4 atom stereocenters. The summed E-state index contributed by atoms with van der Waals surface area (Å²) in [4.78, 5) is 41.9. The third-order valence-corrected chi connectivity index (χ3v) is 4.80. The monoisotopic (exact) mass is 510 g/mol. The number of quaternary nitrogens is 1. The molecule has 7 nitrogen and oxygen atoms in total. The van der Waals surface area contributed by atoms with Gasteiger partial charge in [-0.05, 0) is 68.9 Å². The molecule has 1 heterocycles. The molecule has 1 aromatic rings. The Kier molecular flexibility index (Phi) is 3.75. The van der Waals surface area contributed by atoms with Gasteiger partial charge < -0.3 is 20.0 Å². The zero-order chi connectivity index (χ0) is 45.2. The Morgan fingerprint density at radius 2 is 2.06 bits per heavy atom. The molecule has 2 rings (SSSR count). The maximum atomic E-state index is 14.9. The topological polar surface area (TPSA) is 101 Å². The van der Waals surface area contributed by atoms with Crippen LogP contribution in [0, 0.1) is 19.7 Å². The second-order valence-electron chi connectivity index (χ2n) is 8.39. The van der Waals surface area contributed by atoms with E-state index in [-0.39, 0.29) is 18.1 Å². The van der Waals surface area contributed by atoms with E-state index in [9.17, 15) is 24.1 Å². The first kappa shape index (κ1) is 10.9. The number of nitrogens with zero attached hydrogens (tertiary/aromatic N) is 1. The lowest BCUT2D eigenvalue weighted by Crippen LogP contribution is -2.99. The van der Waals surface area contributed by atoms with Crippen LogP contribution >= 0.6 is 0 Å². The number of carboxylic acid groups (broad SMARTS) is 1. The minimum atomic E-state index is -4.91. The lowest BCUT2D eigenvalue weighted by molar-refractivity contribution is -0.700. The Balaban J connectivity index is 3.37. The number of esters is 1. The largest absolute Gasteiger partial charge is 0.480 e. The maximum Gasteiger partial charge on any atom is 0.364 e. The van der Waals surface area contributed by atoms with Gasteiger partial charge in [0, 0.05) is 32.0 Å². The fourth-order valence-corrected chi connectivity index (χ4v) is 2.84. The number of rotatable bonds is 11. The highest BCUT2D eigenvalue weighted by molar-refractivity contribution is 5.87. The third kappa shape index (κ3) is 7.29. The van der Waals surface area contributed by atoms with Crippen molar-refractivity contribution in [1.82, 2.24) is 4.90 Å². The van der Waals surface area contributed by atoms with Gasteiger partial charge in [-0.2, -0.15) is 0 Å². The van der Waals surface area contributed by atoms with Crippen molar-refractivity contribution in [2.24, 2.45) is 5.89 Å². The zero-order valence-corrected chi connectivity index (χ0v) is 20.9. The second-order valence-corrected chi connectivity index (χ2v) is 8.39. The summed E-state index contributed by atoms with van der Waals surface area (Å²) >= 11 is 0. The molecule has 0 spiro atoms. The summed E-state index contributed by atoms with van der Waals surface area (Å²) in [5, 5.41) is -0.0972.